The molecular formula is C26H28FNO2. The number of allylic oxidation sites excluding steroid dienone is 1. The summed E-state index contributed by atoms with van der Waals surface area (Å²) in [6.45, 7) is 6.80. The van der Waals surface area contributed by atoms with Gasteiger partial charge in [0.2, 0.25) is 0 Å². The maximum atomic E-state index is 14.0. The van der Waals surface area contributed by atoms with E-state index in [0.29, 0.717) is 30.0 Å². The monoisotopic (exact) mass is 405 g/mol. The highest BCUT2D eigenvalue weighted by Crippen LogP contribution is 2.35. The lowest BCUT2D eigenvalue weighted by molar-refractivity contribution is 0.277. The van der Waals surface area contributed by atoms with E-state index in [1.165, 1.54) is 11.6 Å². The van der Waals surface area contributed by atoms with Crippen LogP contribution in [0.4, 0.5) is 10.1 Å². The van der Waals surface area contributed by atoms with Gasteiger partial charge in [-0.25, -0.2) is 4.39 Å². The average molecular weight is 406 g/mol. The molecule has 0 fully saturated rings. The molecule has 1 N–H and O–H groups in total. The van der Waals surface area contributed by atoms with Gasteiger partial charge < -0.3 is 14.8 Å². The van der Waals surface area contributed by atoms with Crippen molar-refractivity contribution in [2.75, 3.05) is 12.4 Å². The second kappa shape index (κ2) is 10.5. The van der Waals surface area contributed by atoms with Crippen molar-refractivity contribution in [3.8, 4) is 11.5 Å². The Hall–Kier alpha value is -3.27. The molecule has 3 rings (SSSR count). The molecular weight excluding hydrogens is 377 g/mol. The lowest BCUT2D eigenvalue weighted by Crippen LogP contribution is -2.06. The predicted molar refractivity (Wildman–Crippen MR) is 121 cm³/mol. The first-order valence-corrected chi connectivity index (χ1v) is 10.1. The van der Waals surface area contributed by atoms with Gasteiger partial charge in [0.15, 0.2) is 11.5 Å². The summed E-state index contributed by atoms with van der Waals surface area (Å²) in [6.07, 6.45) is 3.42. The summed E-state index contributed by atoms with van der Waals surface area (Å²) in [5.74, 6) is 0.974. The number of aryl methyl sites for hydroxylation is 1. The number of halogens is 1. The van der Waals surface area contributed by atoms with Crippen LogP contribution >= 0.6 is 0 Å². The van der Waals surface area contributed by atoms with E-state index in [2.05, 4.69) is 43.1 Å². The van der Waals surface area contributed by atoms with Gasteiger partial charge in [-0.05, 0) is 48.2 Å². The summed E-state index contributed by atoms with van der Waals surface area (Å²) in [5.41, 5.74) is 4.95. The van der Waals surface area contributed by atoms with E-state index in [9.17, 15) is 4.39 Å². The number of hydrogen-bond acceptors (Lipinski definition) is 3. The van der Waals surface area contributed by atoms with Crippen LogP contribution in [-0.2, 0) is 26.0 Å². The number of nitrogens with one attached hydrogen (secondary N) is 1. The van der Waals surface area contributed by atoms with Crippen LogP contribution in [0.25, 0.3) is 0 Å². The third kappa shape index (κ3) is 5.20. The van der Waals surface area contributed by atoms with Gasteiger partial charge in [-0.3, -0.25) is 0 Å². The Balaban J connectivity index is 1.83. The number of methoxy groups -OCH3 is 1. The van der Waals surface area contributed by atoms with Gasteiger partial charge in [0, 0.05) is 23.4 Å². The third-order valence-corrected chi connectivity index (χ3v) is 4.99. The van der Waals surface area contributed by atoms with Crippen molar-refractivity contribution in [3.05, 3.63) is 101 Å². The number of ether oxygens (including phenoxy) is 2. The molecule has 0 amide bonds. The van der Waals surface area contributed by atoms with Crippen molar-refractivity contribution in [3.63, 3.8) is 0 Å². The van der Waals surface area contributed by atoms with Gasteiger partial charge in [0.05, 0.1) is 7.11 Å². The Morgan fingerprint density at radius 2 is 1.73 bits per heavy atom. The third-order valence-electron chi connectivity index (χ3n) is 4.99. The number of hydrogen-bond donors (Lipinski definition) is 1. The predicted octanol–water partition coefficient (Wildman–Crippen LogP) is 6.32. The zero-order valence-corrected chi connectivity index (χ0v) is 17.6. The van der Waals surface area contributed by atoms with E-state index >= 15 is 0 Å². The molecule has 0 aliphatic rings. The summed E-state index contributed by atoms with van der Waals surface area (Å²) in [7, 11) is 1.62. The summed E-state index contributed by atoms with van der Waals surface area (Å²) in [4.78, 5) is 0. The van der Waals surface area contributed by atoms with Crippen molar-refractivity contribution in [1.82, 2.24) is 0 Å². The molecule has 156 valence electrons. The summed E-state index contributed by atoms with van der Waals surface area (Å²) in [5, 5.41) is 3.51. The quantitative estimate of drug-likeness (QED) is 0.401. The van der Waals surface area contributed by atoms with Crippen LogP contribution in [0.1, 0.15) is 29.2 Å². The standard InChI is InChI=1S/C26H28FNO2/c1-4-10-21-15-19(17-28-24-14-9-7-11-20(24)5-2)16-25(29-3)26(21)30-18-22-12-6-8-13-23(22)27/h4,6-9,11-16,28H,1,5,10,17-18H2,2-3H3. The number of anilines is 1. The molecule has 0 saturated heterocycles. The first kappa shape index (κ1) is 21.4. The normalized spacial score (nSPS) is 10.5. The van der Waals surface area contributed by atoms with E-state index in [0.717, 1.165) is 23.2 Å². The number of rotatable bonds is 10. The van der Waals surface area contributed by atoms with Gasteiger partial charge >= 0.3 is 0 Å². The molecule has 0 heterocycles. The summed E-state index contributed by atoms with van der Waals surface area (Å²) < 4.78 is 25.6. The molecule has 0 aliphatic heterocycles. The number of benzene rings is 3. The molecule has 0 radical (unpaired) electrons. The van der Waals surface area contributed by atoms with Crippen LogP contribution in [0.15, 0.2) is 73.3 Å². The lowest BCUT2D eigenvalue weighted by atomic mass is 10.0. The van der Waals surface area contributed by atoms with Crippen molar-refractivity contribution < 1.29 is 13.9 Å². The SMILES string of the molecule is C=CCc1cc(CNc2ccccc2CC)cc(OC)c1OCc1ccccc1F. The highest BCUT2D eigenvalue weighted by atomic mass is 19.1. The van der Waals surface area contributed by atoms with Gasteiger partial charge in [0.25, 0.3) is 0 Å². The van der Waals surface area contributed by atoms with Crippen LogP contribution in [0, 0.1) is 5.82 Å². The topological polar surface area (TPSA) is 30.5 Å². The molecule has 0 atom stereocenters. The van der Waals surface area contributed by atoms with E-state index in [4.69, 9.17) is 9.47 Å². The maximum Gasteiger partial charge on any atom is 0.165 e. The fourth-order valence-corrected chi connectivity index (χ4v) is 3.41. The van der Waals surface area contributed by atoms with Crippen LogP contribution < -0.4 is 14.8 Å². The average Bonchev–Trinajstić information content (AvgIpc) is 2.78. The minimum atomic E-state index is -0.280. The Kier molecular flexibility index (Phi) is 7.50. The Labute approximate surface area is 178 Å². The van der Waals surface area contributed by atoms with E-state index in [1.54, 1.807) is 25.3 Å². The smallest absolute Gasteiger partial charge is 0.165 e. The van der Waals surface area contributed by atoms with Crippen molar-refractivity contribution in [2.45, 2.75) is 32.9 Å². The van der Waals surface area contributed by atoms with E-state index in [1.807, 2.05) is 18.2 Å². The van der Waals surface area contributed by atoms with Crippen LogP contribution in [-0.4, -0.2) is 7.11 Å². The fourth-order valence-electron chi connectivity index (χ4n) is 3.41. The molecule has 3 aromatic carbocycles. The van der Waals surface area contributed by atoms with Gasteiger partial charge in [0.1, 0.15) is 12.4 Å². The maximum absolute atomic E-state index is 14.0. The fraction of sp³-hybridized carbons (Fsp3) is 0.231. The highest BCUT2D eigenvalue weighted by Gasteiger charge is 2.14. The molecule has 3 nitrogen and oxygen atoms in total. The first-order valence-electron chi connectivity index (χ1n) is 10.1. The van der Waals surface area contributed by atoms with Gasteiger partial charge in [-0.1, -0.05) is 49.4 Å². The Bertz CT molecular complexity index is 1000. The van der Waals surface area contributed by atoms with Crippen molar-refractivity contribution in [1.29, 1.82) is 0 Å². The highest BCUT2D eigenvalue weighted by molar-refractivity contribution is 5.54. The first-order chi connectivity index (χ1) is 14.7. The van der Waals surface area contributed by atoms with Gasteiger partial charge in [-0.15, -0.1) is 6.58 Å². The molecule has 0 saturated carbocycles. The molecule has 3 aromatic rings. The molecule has 0 spiro atoms. The second-order valence-corrected chi connectivity index (χ2v) is 7.02. The Morgan fingerprint density at radius 3 is 2.43 bits per heavy atom. The zero-order chi connectivity index (χ0) is 21.3. The second-order valence-electron chi connectivity index (χ2n) is 7.02. The summed E-state index contributed by atoms with van der Waals surface area (Å²) in [6, 6.07) is 19.0. The number of para-hydroxylation sites is 1. The molecule has 0 unspecified atom stereocenters. The summed E-state index contributed by atoms with van der Waals surface area (Å²) >= 11 is 0. The van der Waals surface area contributed by atoms with Crippen LogP contribution in [0.2, 0.25) is 0 Å². The van der Waals surface area contributed by atoms with Gasteiger partial charge in [-0.2, -0.15) is 0 Å². The van der Waals surface area contributed by atoms with Crippen LogP contribution in [0.5, 0.6) is 11.5 Å². The minimum absolute atomic E-state index is 0.134. The molecule has 0 bridgehead atoms. The van der Waals surface area contributed by atoms with Crippen molar-refractivity contribution in [2.24, 2.45) is 0 Å². The largest absolute Gasteiger partial charge is 0.493 e. The van der Waals surface area contributed by atoms with Crippen molar-refractivity contribution >= 4 is 5.69 Å². The van der Waals surface area contributed by atoms with Crippen LogP contribution in [0.3, 0.4) is 0 Å². The molecule has 30 heavy (non-hydrogen) atoms. The molecule has 0 aromatic heterocycles. The van der Waals surface area contributed by atoms with E-state index in [-0.39, 0.29) is 12.4 Å². The molecule has 0 aliphatic carbocycles. The molecule has 4 heteroatoms. The minimum Gasteiger partial charge on any atom is -0.493 e. The zero-order valence-electron chi connectivity index (χ0n) is 17.6. The lowest BCUT2D eigenvalue weighted by Gasteiger charge is -2.18. The Morgan fingerprint density at radius 1 is 1.00 bits per heavy atom. The van der Waals surface area contributed by atoms with E-state index < -0.39 is 0 Å².